The second kappa shape index (κ2) is 4.71. The Morgan fingerprint density at radius 3 is 2.44 bits per heavy atom. The maximum Gasteiger partial charge on any atom is 0.127 e. The van der Waals surface area contributed by atoms with Crippen molar-refractivity contribution in [3.05, 3.63) is 59.9 Å². The third-order valence-corrected chi connectivity index (χ3v) is 2.49. The molecule has 1 nitrogen and oxygen atoms in total. The first-order valence-electron chi connectivity index (χ1n) is 5.09. The topological polar surface area (TPSA) is 17.1 Å². The fraction of sp³-hybridized carbons (Fsp3) is 0.0714. The van der Waals surface area contributed by atoms with Gasteiger partial charge in [0.1, 0.15) is 12.1 Å². The van der Waals surface area contributed by atoms with E-state index in [0.717, 1.165) is 17.4 Å². The summed E-state index contributed by atoms with van der Waals surface area (Å²) >= 11 is 0. The van der Waals surface area contributed by atoms with E-state index in [-0.39, 0.29) is 12.2 Å². The van der Waals surface area contributed by atoms with Crippen molar-refractivity contribution in [3.63, 3.8) is 0 Å². The zero-order valence-electron chi connectivity index (χ0n) is 8.69. The molecule has 2 heteroatoms. The summed E-state index contributed by atoms with van der Waals surface area (Å²) in [7, 11) is 0. The van der Waals surface area contributed by atoms with Gasteiger partial charge in [-0.2, -0.15) is 0 Å². The summed E-state index contributed by atoms with van der Waals surface area (Å²) in [6.45, 7) is 0. The third-order valence-electron chi connectivity index (χ3n) is 2.49. The van der Waals surface area contributed by atoms with E-state index in [9.17, 15) is 9.18 Å². The quantitative estimate of drug-likeness (QED) is 0.717. The molecule has 0 aliphatic rings. The zero-order valence-corrected chi connectivity index (χ0v) is 8.69. The highest BCUT2D eigenvalue weighted by atomic mass is 19.1. The first kappa shape index (κ1) is 10.6. The molecule has 0 atom stereocenters. The monoisotopic (exact) mass is 214 g/mol. The first-order valence-corrected chi connectivity index (χ1v) is 5.09. The highest BCUT2D eigenvalue weighted by Gasteiger charge is 2.08. The van der Waals surface area contributed by atoms with E-state index in [2.05, 4.69) is 0 Å². The van der Waals surface area contributed by atoms with Gasteiger partial charge in [0.2, 0.25) is 0 Å². The van der Waals surface area contributed by atoms with E-state index in [1.165, 1.54) is 6.07 Å². The van der Waals surface area contributed by atoms with E-state index >= 15 is 0 Å². The highest BCUT2D eigenvalue weighted by molar-refractivity contribution is 5.71. The van der Waals surface area contributed by atoms with Gasteiger partial charge in [-0.15, -0.1) is 0 Å². The van der Waals surface area contributed by atoms with Gasteiger partial charge in [0.05, 0.1) is 0 Å². The third kappa shape index (κ3) is 2.01. The minimum absolute atomic E-state index is 0.108. The lowest BCUT2D eigenvalue weighted by atomic mass is 9.98. The Labute approximate surface area is 93.5 Å². The minimum atomic E-state index is -0.326. The Morgan fingerprint density at radius 1 is 1.00 bits per heavy atom. The summed E-state index contributed by atoms with van der Waals surface area (Å²) in [6, 6.07) is 14.4. The van der Waals surface area contributed by atoms with Crippen molar-refractivity contribution < 1.29 is 9.18 Å². The van der Waals surface area contributed by atoms with Gasteiger partial charge in [-0.05, 0) is 17.2 Å². The fourth-order valence-corrected chi connectivity index (χ4v) is 1.74. The van der Waals surface area contributed by atoms with Crippen LogP contribution < -0.4 is 0 Å². The molecule has 0 aliphatic carbocycles. The number of rotatable bonds is 3. The maximum atomic E-state index is 13.6. The summed E-state index contributed by atoms with van der Waals surface area (Å²) in [5.74, 6) is -0.326. The van der Waals surface area contributed by atoms with Crippen molar-refractivity contribution in [1.29, 1.82) is 0 Å². The van der Waals surface area contributed by atoms with Crippen LogP contribution in [-0.4, -0.2) is 6.29 Å². The van der Waals surface area contributed by atoms with Crippen LogP contribution in [0.25, 0.3) is 11.1 Å². The maximum absolute atomic E-state index is 13.6. The summed E-state index contributed by atoms with van der Waals surface area (Å²) in [5, 5.41) is 0. The fourth-order valence-electron chi connectivity index (χ4n) is 1.74. The van der Waals surface area contributed by atoms with Gasteiger partial charge >= 0.3 is 0 Å². The molecule has 0 saturated heterocycles. The molecule has 0 spiro atoms. The van der Waals surface area contributed by atoms with E-state index in [1.54, 1.807) is 6.07 Å². The number of hydrogen-bond donors (Lipinski definition) is 0. The van der Waals surface area contributed by atoms with Crippen molar-refractivity contribution in [2.45, 2.75) is 6.42 Å². The van der Waals surface area contributed by atoms with Crippen molar-refractivity contribution in [1.82, 2.24) is 0 Å². The van der Waals surface area contributed by atoms with Gasteiger partial charge in [0.25, 0.3) is 0 Å². The number of benzene rings is 2. The molecule has 2 aromatic rings. The van der Waals surface area contributed by atoms with Crippen LogP contribution in [0.1, 0.15) is 5.56 Å². The number of hydrogen-bond acceptors (Lipinski definition) is 1. The van der Waals surface area contributed by atoms with Gasteiger partial charge in [-0.3, -0.25) is 0 Å². The van der Waals surface area contributed by atoms with E-state index in [1.807, 2.05) is 36.4 Å². The number of aldehydes is 1. The van der Waals surface area contributed by atoms with Crippen molar-refractivity contribution in [2.24, 2.45) is 0 Å². The molecule has 2 rings (SSSR count). The number of carbonyl (C=O) groups is 1. The zero-order chi connectivity index (χ0) is 11.4. The molecule has 0 saturated carbocycles. The second-order valence-corrected chi connectivity index (χ2v) is 3.50. The van der Waals surface area contributed by atoms with Crippen LogP contribution in [0.5, 0.6) is 0 Å². The van der Waals surface area contributed by atoms with Crippen molar-refractivity contribution in [3.8, 4) is 11.1 Å². The summed E-state index contributed by atoms with van der Waals surface area (Å²) in [6.07, 6.45) is 0.835. The summed E-state index contributed by atoms with van der Waals surface area (Å²) in [5.41, 5.74) is 2.18. The lowest BCUT2D eigenvalue weighted by molar-refractivity contribution is -0.107. The predicted molar refractivity (Wildman–Crippen MR) is 61.6 cm³/mol. The van der Waals surface area contributed by atoms with E-state index < -0.39 is 0 Å². The van der Waals surface area contributed by atoms with E-state index in [0.29, 0.717) is 5.56 Å². The molecule has 16 heavy (non-hydrogen) atoms. The Morgan fingerprint density at radius 2 is 1.75 bits per heavy atom. The van der Waals surface area contributed by atoms with Crippen LogP contribution in [-0.2, 0) is 11.2 Å². The largest absolute Gasteiger partial charge is 0.303 e. The lowest BCUT2D eigenvalue weighted by Crippen LogP contribution is -1.95. The van der Waals surface area contributed by atoms with Crippen LogP contribution >= 0.6 is 0 Å². The highest BCUT2D eigenvalue weighted by Crippen LogP contribution is 2.25. The normalized spacial score (nSPS) is 10.1. The van der Waals surface area contributed by atoms with Crippen LogP contribution in [0.2, 0.25) is 0 Å². The Kier molecular flexibility index (Phi) is 3.10. The molecule has 0 N–H and O–H groups in total. The van der Waals surface area contributed by atoms with Gasteiger partial charge < -0.3 is 4.79 Å². The molecule has 0 unspecified atom stereocenters. The average molecular weight is 214 g/mol. The molecule has 0 aromatic heterocycles. The van der Waals surface area contributed by atoms with Crippen molar-refractivity contribution >= 4 is 6.29 Å². The molecule has 0 radical (unpaired) electrons. The van der Waals surface area contributed by atoms with Crippen molar-refractivity contribution in [2.75, 3.05) is 0 Å². The predicted octanol–water partition coefficient (Wildman–Crippen LogP) is 3.23. The molecule has 0 fully saturated rings. The number of carbonyl (C=O) groups excluding carboxylic acids is 1. The molecule has 0 aliphatic heterocycles. The van der Waals surface area contributed by atoms with Gasteiger partial charge in [0, 0.05) is 12.0 Å². The number of halogens is 1. The SMILES string of the molecule is O=CCc1c(F)cccc1-c1ccccc1. The standard InChI is InChI=1S/C14H11FO/c15-14-8-4-7-12(13(14)9-10-16)11-5-2-1-3-6-11/h1-8,10H,9H2. The molecule has 0 heterocycles. The summed E-state index contributed by atoms with van der Waals surface area (Å²) < 4.78 is 13.6. The van der Waals surface area contributed by atoms with Gasteiger partial charge in [-0.1, -0.05) is 42.5 Å². The van der Waals surface area contributed by atoms with Gasteiger partial charge in [0.15, 0.2) is 0 Å². The van der Waals surface area contributed by atoms with E-state index in [4.69, 9.17) is 0 Å². The van der Waals surface area contributed by atoms with Crippen LogP contribution in [0.15, 0.2) is 48.5 Å². The molecule has 0 amide bonds. The van der Waals surface area contributed by atoms with Crippen LogP contribution in [0.4, 0.5) is 4.39 Å². The summed E-state index contributed by atoms with van der Waals surface area (Å²) in [4.78, 5) is 10.5. The van der Waals surface area contributed by atoms with Gasteiger partial charge in [-0.25, -0.2) is 4.39 Å². The molecular weight excluding hydrogens is 203 g/mol. The molecular formula is C14H11FO. The molecule has 80 valence electrons. The Hall–Kier alpha value is -1.96. The molecule has 0 bridgehead atoms. The lowest BCUT2D eigenvalue weighted by Gasteiger charge is -2.08. The first-order chi connectivity index (χ1) is 7.83. The van der Waals surface area contributed by atoms with Crippen LogP contribution in [0.3, 0.4) is 0 Å². The smallest absolute Gasteiger partial charge is 0.127 e. The second-order valence-electron chi connectivity index (χ2n) is 3.50. The minimum Gasteiger partial charge on any atom is -0.303 e. The Balaban J connectivity index is 2.56. The average Bonchev–Trinajstić information content (AvgIpc) is 2.33. The Bertz CT molecular complexity index is 491. The van der Waals surface area contributed by atoms with Crippen LogP contribution in [0, 0.1) is 5.82 Å². The molecule has 2 aromatic carbocycles.